The first-order valence-corrected chi connectivity index (χ1v) is 11.4. The first-order chi connectivity index (χ1) is 15.3. The number of hydrogen-bond donors (Lipinski definition) is 0. The highest BCUT2D eigenvalue weighted by atomic mass is 35.5. The fraction of sp³-hybridized carbons (Fsp3) is 0.500. The van der Waals surface area contributed by atoms with Gasteiger partial charge in [0.05, 0.1) is 6.54 Å². The molecule has 10 heteroatoms. The van der Waals surface area contributed by atoms with Crippen LogP contribution in [0.3, 0.4) is 0 Å². The van der Waals surface area contributed by atoms with E-state index in [4.69, 9.17) is 32.9 Å². The standard InChI is InChI=1S/C22H27Cl2N5O3/c1-5-32-10-6-9-27-13(2)14(3)29-18-19(25-21(27)29)26(4)22(31)28(20(18)30)12-15-7-8-16(23)11-17(15)24/h7-8,11,18-19H,5-6,9-10,12H2,1-4H3. The molecule has 0 radical (unpaired) electrons. The highest BCUT2D eigenvalue weighted by Crippen LogP contribution is 2.38. The molecule has 32 heavy (non-hydrogen) atoms. The Morgan fingerprint density at radius 2 is 1.88 bits per heavy atom. The molecule has 1 saturated heterocycles. The Morgan fingerprint density at radius 3 is 2.56 bits per heavy atom. The highest BCUT2D eigenvalue weighted by Gasteiger charge is 2.55. The van der Waals surface area contributed by atoms with Gasteiger partial charge in [0.25, 0.3) is 5.91 Å². The van der Waals surface area contributed by atoms with Gasteiger partial charge in [0.15, 0.2) is 12.2 Å². The van der Waals surface area contributed by atoms with Crippen LogP contribution in [0.25, 0.3) is 0 Å². The summed E-state index contributed by atoms with van der Waals surface area (Å²) in [6, 6.07) is 4.04. The Bertz CT molecular complexity index is 1010. The average molecular weight is 480 g/mol. The molecule has 4 rings (SSSR count). The van der Waals surface area contributed by atoms with Gasteiger partial charge in [-0.05, 0) is 44.9 Å². The van der Waals surface area contributed by atoms with Crippen LogP contribution in [0, 0.1) is 0 Å². The van der Waals surface area contributed by atoms with Crippen molar-refractivity contribution in [2.24, 2.45) is 4.99 Å². The van der Waals surface area contributed by atoms with E-state index in [-0.39, 0.29) is 12.5 Å². The molecular weight excluding hydrogens is 453 g/mol. The van der Waals surface area contributed by atoms with Gasteiger partial charge < -0.3 is 14.5 Å². The molecule has 8 nitrogen and oxygen atoms in total. The fourth-order valence-electron chi connectivity index (χ4n) is 4.38. The second-order valence-electron chi connectivity index (χ2n) is 8.08. The molecule has 2 atom stereocenters. The van der Waals surface area contributed by atoms with Gasteiger partial charge in [-0.25, -0.2) is 9.79 Å². The number of halogens is 2. The Kier molecular flexibility index (Phi) is 6.38. The van der Waals surface area contributed by atoms with Crippen LogP contribution in [0.2, 0.25) is 10.0 Å². The number of hydrogen-bond acceptors (Lipinski definition) is 6. The molecule has 172 valence electrons. The Hall–Kier alpha value is -2.29. The van der Waals surface area contributed by atoms with Crippen LogP contribution < -0.4 is 0 Å². The molecule has 0 bridgehead atoms. The number of aliphatic imine (C=N–C) groups is 1. The van der Waals surface area contributed by atoms with E-state index < -0.39 is 18.2 Å². The summed E-state index contributed by atoms with van der Waals surface area (Å²) in [5, 5.41) is 0.915. The summed E-state index contributed by atoms with van der Waals surface area (Å²) in [6.07, 6.45) is 0.268. The number of likely N-dealkylation sites (N-methyl/N-ethyl adjacent to an activating group) is 1. The van der Waals surface area contributed by atoms with E-state index in [9.17, 15) is 9.59 Å². The zero-order chi connectivity index (χ0) is 23.2. The molecule has 0 N–H and O–H groups in total. The number of benzene rings is 1. The van der Waals surface area contributed by atoms with Crippen molar-refractivity contribution in [3.05, 3.63) is 45.2 Å². The fourth-order valence-corrected chi connectivity index (χ4v) is 4.85. The Labute approximate surface area is 198 Å². The van der Waals surface area contributed by atoms with Crippen molar-refractivity contribution in [2.75, 3.05) is 26.8 Å². The summed E-state index contributed by atoms with van der Waals surface area (Å²) in [5.41, 5.74) is 2.68. The average Bonchev–Trinajstić information content (AvgIpc) is 3.25. The van der Waals surface area contributed by atoms with E-state index in [0.29, 0.717) is 34.8 Å². The van der Waals surface area contributed by atoms with Crippen molar-refractivity contribution >= 4 is 41.1 Å². The minimum atomic E-state index is -0.606. The van der Waals surface area contributed by atoms with Crippen molar-refractivity contribution in [3.8, 4) is 0 Å². The largest absolute Gasteiger partial charge is 0.382 e. The number of guanidine groups is 1. The van der Waals surface area contributed by atoms with Crippen molar-refractivity contribution in [1.29, 1.82) is 0 Å². The minimum absolute atomic E-state index is 0.0736. The van der Waals surface area contributed by atoms with E-state index >= 15 is 0 Å². The lowest BCUT2D eigenvalue weighted by Crippen LogP contribution is -2.64. The summed E-state index contributed by atoms with van der Waals surface area (Å²) >= 11 is 12.3. The van der Waals surface area contributed by atoms with Gasteiger partial charge >= 0.3 is 6.03 Å². The summed E-state index contributed by atoms with van der Waals surface area (Å²) in [5.74, 6) is 0.428. The Morgan fingerprint density at radius 1 is 1.12 bits per heavy atom. The monoisotopic (exact) mass is 479 g/mol. The lowest BCUT2D eigenvalue weighted by atomic mass is 10.1. The number of fused-ring (bicyclic) bond motifs is 3. The molecular formula is C22H27Cl2N5O3. The molecule has 1 fully saturated rings. The molecule has 0 aromatic heterocycles. The molecule has 2 unspecified atom stereocenters. The lowest BCUT2D eigenvalue weighted by molar-refractivity contribution is -0.137. The number of carbonyl (C=O) groups is 2. The number of rotatable bonds is 7. The molecule has 3 aliphatic rings. The molecule has 3 amide bonds. The van der Waals surface area contributed by atoms with Crippen LogP contribution in [-0.4, -0.2) is 76.5 Å². The zero-order valence-electron chi connectivity index (χ0n) is 18.6. The minimum Gasteiger partial charge on any atom is -0.382 e. The van der Waals surface area contributed by atoms with Gasteiger partial charge in [0.2, 0.25) is 5.96 Å². The van der Waals surface area contributed by atoms with E-state index in [1.54, 1.807) is 25.2 Å². The van der Waals surface area contributed by atoms with Gasteiger partial charge in [-0.3, -0.25) is 14.6 Å². The van der Waals surface area contributed by atoms with Crippen LogP contribution >= 0.6 is 23.2 Å². The van der Waals surface area contributed by atoms with Gasteiger partial charge in [0.1, 0.15) is 0 Å². The Balaban J connectivity index is 1.59. The summed E-state index contributed by atoms with van der Waals surface area (Å²) < 4.78 is 5.47. The van der Waals surface area contributed by atoms with Crippen molar-refractivity contribution in [1.82, 2.24) is 19.6 Å². The quantitative estimate of drug-likeness (QED) is 0.557. The number of urea groups is 1. The van der Waals surface area contributed by atoms with Crippen LogP contribution in [0.4, 0.5) is 4.79 Å². The molecule has 0 aliphatic carbocycles. The molecule has 3 heterocycles. The smallest absolute Gasteiger partial charge is 0.328 e. The maximum Gasteiger partial charge on any atom is 0.328 e. The number of amides is 3. The predicted molar refractivity (Wildman–Crippen MR) is 123 cm³/mol. The first kappa shape index (κ1) is 22.9. The number of ether oxygens (including phenoxy) is 1. The number of allylic oxidation sites excluding steroid dienone is 2. The number of nitrogens with zero attached hydrogens (tertiary/aromatic N) is 5. The third-order valence-corrected chi connectivity index (χ3v) is 6.81. The van der Waals surface area contributed by atoms with Gasteiger partial charge in [-0.2, -0.15) is 0 Å². The van der Waals surface area contributed by atoms with Crippen LogP contribution in [-0.2, 0) is 16.1 Å². The zero-order valence-corrected chi connectivity index (χ0v) is 20.2. The van der Waals surface area contributed by atoms with Crippen LogP contribution in [0.5, 0.6) is 0 Å². The van der Waals surface area contributed by atoms with Gasteiger partial charge in [0, 0.05) is 48.2 Å². The molecule has 0 spiro atoms. The normalized spacial score (nSPS) is 22.8. The summed E-state index contributed by atoms with van der Waals surface area (Å²) in [6.45, 7) is 8.13. The molecule has 3 aliphatic heterocycles. The third kappa shape index (κ3) is 3.74. The molecule has 1 aromatic carbocycles. The number of carbonyl (C=O) groups excluding carboxylic acids is 2. The van der Waals surface area contributed by atoms with Crippen molar-refractivity contribution in [3.63, 3.8) is 0 Å². The van der Waals surface area contributed by atoms with Gasteiger partial charge in [-0.1, -0.05) is 29.3 Å². The lowest BCUT2D eigenvalue weighted by Gasteiger charge is -2.40. The van der Waals surface area contributed by atoms with E-state index in [1.807, 2.05) is 25.7 Å². The van der Waals surface area contributed by atoms with E-state index in [1.165, 1.54) is 9.80 Å². The molecule has 1 aromatic rings. The predicted octanol–water partition coefficient (Wildman–Crippen LogP) is 3.75. The summed E-state index contributed by atoms with van der Waals surface area (Å²) in [4.78, 5) is 38.3. The van der Waals surface area contributed by atoms with E-state index in [2.05, 4.69) is 4.90 Å². The summed E-state index contributed by atoms with van der Waals surface area (Å²) in [7, 11) is 1.68. The van der Waals surface area contributed by atoms with Crippen molar-refractivity contribution in [2.45, 2.75) is 45.9 Å². The SMILES string of the molecule is CCOCCCN1C2=NC3C(C(=O)N(Cc4ccc(Cl)cc4Cl)C(=O)N3C)N2C(C)=C1C. The number of imide groups is 1. The first-order valence-electron chi connectivity index (χ1n) is 10.7. The topological polar surface area (TPSA) is 68.7 Å². The van der Waals surface area contributed by atoms with Crippen LogP contribution in [0.15, 0.2) is 34.6 Å². The maximum absolute atomic E-state index is 13.6. The second kappa shape index (κ2) is 8.92. The second-order valence-corrected chi connectivity index (χ2v) is 8.93. The van der Waals surface area contributed by atoms with Gasteiger partial charge in [-0.15, -0.1) is 0 Å². The van der Waals surface area contributed by atoms with E-state index in [0.717, 1.165) is 24.4 Å². The van der Waals surface area contributed by atoms with Crippen molar-refractivity contribution < 1.29 is 14.3 Å². The van der Waals surface area contributed by atoms with Crippen LogP contribution in [0.1, 0.15) is 32.8 Å². The highest BCUT2D eigenvalue weighted by molar-refractivity contribution is 6.35. The molecule has 0 saturated carbocycles. The maximum atomic E-state index is 13.6. The third-order valence-electron chi connectivity index (χ3n) is 6.22.